The van der Waals surface area contributed by atoms with Crippen molar-refractivity contribution in [3.05, 3.63) is 29.6 Å². The highest BCUT2D eigenvalue weighted by Gasteiger charge is 2.23. The average molecular weight is 181 g/mol. The number of hydrogen-bond acceptors (Lipinski definition) is 2. The first-order valence-corrected chi connectivity index (χ1v) is 3.73. The maximum absolute atomic E-state index is 11.0. The number of fused-ring (bicyclic) bond motifs is 1. The standard InChI is InChI=1S/C8H5ClN2O/c1-4-7-5(10-8(4)12)2-3-6(9)11-7/h2-3H,1H2,(H,10,12). The van der Waals surface area contributed by atoms with Gasteiger partial charge in [0.2, 0.25) is 0 Å². The number of carbonyl (C=O) groups is 1. The molecule has 0 aliphatic carbocycles. The molecule has 0 atom stereocenters. The Balaban J connectivity index is 2.63. The first kappa shape index (κ1) is 7.31. The predicted octanol–water partition coefficient (Wildman–Crippen LogP) is 1.70. The molecular formula is C8H5ClN2O. The van der Waals surface area contributed by atoms with E-state index in [4.69, 9.17) is 11.6 Å². The Morgan fingerprint density at radius 2 is 2.25 bits per heavy atom. The third-order valence-electron chi connectivity index (χ3n) is 1.67. The molecule has 3 nitrogen and oxygen atoms in total. The monoisotopic (exact) mass is 180 g/mol. The number of nitrogens with zero attached hydrogens (tertiary/aromatic N) is 1. The van der Waals surface area contributed by atoms with Crippen LogP contribution < -0.4 is 5.32 Å². The maximum atomic E-state index is 11.0. The summed E-state index contributed by atoms with van der Waals surface area (Å²) in [5.74, 6) is -0.209. The van der Waals surface area contributed by atoms with Gasteiger partial charge in [-0.3, -0.25) is 4.79 Å². The Morgan fingerprint density at radius 1 is 1.50 bits per heavy atom. The molecule has 60 valence electrons. The first-order valence-electron chi connectivity index (χ1n) is 3.35. The van der Waals surface area contributed by atoms with E-state index in [1.54, 1.807) is 12.1 Å². The third-order valence-corrected chi connectivity index (χ3v) is 1.88. The van der Waals surface area contributed by atoms with Crippen LogP contribution in [0.1, 0.15) is 5.69 Å². The van der Waals surface area contributed by atoms with Crippen molar-refractivity contribution < 1.29 is 4.79 Å². The minimum Gasteiger partial charge on any atom is -0.320 e. The molecule has 0 spiro atoms. The number of amides is 1. The van der Waals surface area contributed by atoms with Crippen LogP contribution in [0.5, 0.6) is 0 Å². The molecule has 2 rings (SSSR count). The average Bonchev–Trinajstić information content (AvgIpc) is 2.31. The molecule has 1 amide bonds. The van der Waals surface area contributed by atoms with E-state index in [-0.39, 0.29) is 5.91 Å². The van der Waals surface area contributed by atoms with Crippen LogP contribution in [0.2, 0.25) is 5.15 Å². The van der Waals surface area contributed by atoms with E-state index >= 15 is 0 Å². The van der Waals surface area contributed by atoms with Gasteiger partial charge in [0.15, 0.2) is 0 Å². The van der Waals surface area contributed by atoms with Gasteiger partial charge in [-0.05, 0) is 12.1 Å². The molecule has 4 heteroatoms. The van der Waals surface area contributed by atoms with Crippen LogP contribution in [0.3, 0.4) is 0 Å². The highest BCUT2D eigenvalue weighted by atomic mass is 35.5. The van der Waals surface area contributed by atoms with Gasteiger partial charge in [-0.1, -0.05) is 18.2 Å². The van der Waals surface area contributed by atoms with Gasteiger partial charge in [0.1, 0.15) is 10.8 Å². The third kappa shape index (κ3) is 0.905. The normalized spacial score (nSPS) is 14.4. The molecule has 0 aromatic carbocycles. The SMILES string of the molecule is C=C1C(=O)Nc2ccc(Cl)nc21. The fraction of sp³-hybridized carbons (Fsp3) is 0. The number of carbonyl (C=O) groups excluding carboxylic acids is 1. The van der Waals surface area contributed by atoms with E-state index in [0.29, 0.717) is 22.1 Å². The topological polar surface area (TPSA) is 42.0 Å². The molecule has 0 saturated carbocycles. The summed E-state index contributed by atoms with van der Waals surface area (Å²) in [6.45, 7) is 3.58. The van der Waals surface area contributed by atoms with E-state index in [1.165, 1.54) is 0 Å². The molecule has 0 fully saturated rings. The van der Waals surface area contributed by atoms with Crippen LogP contribution in [0.4, 0.5) is 5.69 Å². The summed E-state index contributed by atoms with van der Waals surface area (Å²) < 4.78 is 0. The molecule has 0 bridgehead atoms. The number of nitrogens with one attached hydrogen (secondary N) is 1. The van der Waals surface area contributed by atoms with Gasteiger partial charge in [-0.2, -0.15) is 0 Å². The highest BCUT2D eigenvalue weighted by Crippen LogP contribution is 2.29. The van der Waals surface area contributed by atoms with E-state index < -0.39 is 0 Å². The first-order chi connectivity index (χ1) is 5.68. The quantitative estimate of drug-likeness (QED) is 0.488. The van der Waals surface area contributed by atoms with Gasteiger partial charge in [0, 0.05) is 0 Å². The summed E-state index contributed by atoms with van der Waals surface area (Å²) in [5.41, 5.74) is 1.59. The summed E-state index contributed by atoms with van der Waals surface area (Å²) >= 11 is 5.65. The summed E-state index contributed by atoms with van der Waals surface area (Å²) in [6.07, 6.45) is 0. The van der Waals surface area contributed by atoms with Gasteiger partial charge in [-0.15, -0.1) is 0 Å². The molecule has 0 saturated heterocycles. The van der Waals surface area contributed by atoms with Gasteiger partial charge >= 0.3 is 0 Å². The summed E-state index contributed by atoms with van der Waals surface area (Å²) in [6, 6.07) is 3.33. The fourth-order valence-corrected chi connectivity index (χ4v) is 1.22. The Labute approximate surface area is 74.1 Å². The number of rotatable bonds is 0. The number of pyridine rings is 1. The molecule has 1 aliphatic rings. The fourth-order valence-electron chi connectivity index (χ4n) is 1.07. The van der Waals surface area contributed by atoms with Crippen LogP contribution in [0.15, 0.2) is 18.7 Å². The highest BCUT2D eigenvalue weighted by molar-refractivity contribution is 6.32. The minimum absolute atomic E-state index is 0.209. The lowest BCUT2D eigenvalue weighted by atomic mass is 10.2. The molecule has 2 heterocycles. The molecule has 0 radical (unpaired) electrons. The van der Waals surface area contributed by atoms with E-state index in [0.717, 1.165) is 0 Å². The second-order valence-electron chi connectivity index (χ2n) is 2.46. The van der Waals surface area contributed by atoms with Crippen molar-refractivity contribution in [1.29, 1.82) is 0 Å². The molecule has 1 aromatic rings. The summed E-state index contributed by atoms with van der Waals surface area (Å²) in [4.78, 5) is 15.0. The zero-order chi connectivity index (χ0) is 8.72. The van der Waals surface area contributed by atoms with Crippen molar-refractivity contribution in [3.63, 3.8) is 0 Å². The van der Waals surface area contributed by atoms with Crippen molar-refractivity contribution in [2.75, 3.05) is 5.32 Å². The Morgan fingerprint density at radius 3 is 3.00 bits per heavy atom. The van der Waals surface area contributed by atoms with E-state index in [9.17, 15) is 4.79 Å². The van der Waals surface area contributed by atoms with Crippen LogP contribution in [0.25, 0.3) is 5.57 Å². The minimum atomic E-state index is -0.209. The lowest BCUT2D eigenvalue weighted by Gasteiger charge is -1.95. The lowest BCUT2D eigenvalue weighted by molar-refractivity contribution is -0.110. The smallest absolute Gasteiger partial charge is 0.257 e. The van der Waals surface area contributed by atoms with Crippen LogP contribution in [-0.2, 0) is 4.79 Å². The predicted molar refractivity (Wildman–Crippen MR) is 46.9 cm³/mol. The summed E-state index contributed by atoms with van der Waals surface area (Å²) in [7, 11) is 0. The van der Waals surface area contributed by atoms with Crippen LogP contribution in [-0.4, -0.2) is 10.9 Å². The van der Waals surface area contributed by atoms with E-state index in [1.807, 2.05) is 0 Å². The Kier molecular flexibility index (Phi) is 1.41. The van der Waals surface area contributed by atoms with Crippen molar-refractivity contribution in [2.24, 2.45) is 0 Å². The summed E-state index contributed by atoms with van der Waals surface area (Å²) in [5, 5.41) is 2.98. The van der Waals surface area contributed by atoms with E-state index in [2.05, 4.69) is 16.9 Å². The van der Waals surface area contributed by atoms with Gasteiger partial charge in [0.25, 0.3) is 5.91 Å². The molecule has 1 aliphatic heterocycles. The number of hydrogen-bond donors (Lipinski definition) is 1. The molecular weight excluding hydrogens is 176 g/mol. The number of aromatic nitrogens is 1. The lowest BCUT2D eigenvalue weighted by Crippen LogP contribution is -2.02. The van der Waals surface area contributed by atoms with Crippen molar-refractivity contribution in [3.8, 4) is 0 Å². The van der Waals surface area contributed by atoms with Crippen molar-refractivity contribution in [1.82, 2.24) is 4.98 Å². The Bertz CT molecular complexity index is 387. The van der Waals surface area contributed by atoms with Crippen LogP contribution in [0, 0.1) is 0 Å². The van der Waals surface area contributed by atoms with Gasteiger partial charge in [0.05, 0.1) is 11.3 Å². The molecule has 12 heavy (non-hydrogen) atoms. The molecule has 1 N–H and O–H groups in total. The van der Waals surface area contributed by atoms with Crippen molar-refractivity contribution >= 4 is 28.8 Å². The largest absolute Gasteiger partial charge is 0.320 e. The second-order valence-corrected chi connectivity index (χ2v) is 2.85. The number of halogens is 1. The van der Waals surface area contributed by atoms with Crippen molar-refractivity contribution in [2.45, 2.75) is 0 Å². The van der Waals surface area contributed by atoms with Gasteiger partial charge in [-0.25, -0.2) is 4.98 Å². The second kappa shape index (κ2) is 2.32. The number of anilines is 1. The zero-order valence-electron chi connectivity index (χ0n) is 6.10. The zero-order valence-corrected chi connectivity index (χ0v) is 6.85. The molecule has 0 unspecified atom stereocenters. The van der Waals surface area contributed by atoms with Crippen LogP contribution >= 0.6 is 11.6 Å². The van der Waals surface area contributed by atoms with Gasteiger partial charge < -0.3 is 5.32 Å². The maximum Gasteiger partial charge on any atom is 0.257 e. The molecule has 1 aromatic heterocycles. The Hall–Kier alpha value is -1.35.